The van der Waals surface area contributed by atoms with Gasteiger partial charge in [-0.3, -0.25) is 0 Å². The fourth-order valence-corrected chi connectivity index (χ4v) is 2.58. The summed E-state index contributed by atoms with van der Waals surface area (Å²) in [5.41, 5.74) is 2.29. The van der Waals surface area contributed by atoms with Gasteiger partial charge in [-0.15, -0.1) is 0 Å². The van der Waals surface area contributed by atoms with Gasteiger partial charge in [0.2, 0.25) is 0 Å². The summed E-state index contributed by atoms with van der Waals surface area (Å²) in [6.07, 6.45) is 4.85. The standard InChI is InChI=1S/C16H24N4/c1-12(2)17-10-14-16(19(3)11-13-7-8-13)18-15-6-4-5-9-20(14)15/h4-6,9,12-13,17H,7-8,10-11H2,1-3H3. The van der Waals surface area contributed by atoms with Crippen LogP contribution in [0, 0.1) is 5.92 Å². The summed E-state index contributed by atoms with van der Waals surface area (Å²) in [5, 5.41) is 3.52. The first-order chi connectivity index (χ1) is 9.65. The van der Waals surface area contributed by atoms with Gasteiger partial charge in [-0.2, -0.15) is 0 Å². The number of aromatic nitrogens is 2. The normalized spacial score (nSPS) is 15.2. The lowest BCUT2D eigenvalue weighted by Gasteiger charge is -2.19. The molecule has 1 aliphatic carbocycles. The Hall–Kier alpha value is -1.55. The van der Waals surface area contributed by atoms with Gasteiger partial charge in [0.25, 0.3) is 0 Å². The minimum absolute atomic E-state index is 0.478. The van der Waals surface area contributed by atoms with Gasteiger partial charge in [-0.25, -0.2) is 4.98 Å². The van der Waals surface area contributed by atoms with Crippen molar-refractivity contribution < 1.29 is 0 Å². The molecule has 1 N–H and O–H groups in total. The van der Waals surface area contributed by atoms with Crippen molar-refractivity contribution >= 4 is 11.5 Å². The Balaban J connectivity index is 1.92. The molecule has 3 rings (SSSR count). The number of imidazole rings is 1. The second-order valence-corrected chi connectivity index (χ2v) is 6.17. The molecule has 0 radical (unpaired) electrons. The monoisotopic (exact) mass is 272 g/mol. The molecule has 0 atom stereocenters. The van der Waals surface area contributed by atoms with E-state index in [1.807, 2.05) is 6.07 Å². The van der Waals surface area contributed by atoms with Gasteiger partial charge in [-0.1, -0.05) is 19.9 Å². The maximum absolute atomic E-state index is 4.82. The first-order valence-corrected chi connectivity index (χ1v) is 7.55. The predicted octanol–water partition coefficient (Wildman–Crippen LogP) is 2.68. The molecule has 0 amide bonds. The van der Waals surface area contributed by atoms with Crippen LogP contribution in [0.25, 0.3) is 5.65 Å². The zero-order valence-electron chi connectivity index (χ0n) is 12.6. The Morgan fingerprint density at radius 2 is 2.20 bits per heavy atom. The molecule has 0 bridgehead atoms. The second kappa shape index (κ2) is 5.44. The quantitative estimate of drug-likeness (QED) is 0.877. The molecule has 20 heavy (non-hydrogen) atoms. The van der Waals surface area contributed by atoms with E-state index in [-0.39, 0.29) is 0 Å². The largest absolute Gasteiger partial charge is 0.358 e. The third-order valence-corrected chi connectivity index (χ3v) is 3.88. The predicted molar refractivity (Wildman–Crippen MR) is 83.2 cm³/mol. The molecule has 0 saturated heterocycles. The van der Waals surface area contributed by atoms with Crippen molar-refractivity contribution in [1.29, 1.82) is 0 Å². The minimum atomic E-state index is 0.478. The fraction of sp³-hybridized carbons (Fsp3) is 0.562. The highest BCUT2D eigenvalue weighted by Gasteiger charge is 2.25. The molecule has 0 aliphatic heterocycles. The van der Waals surface area contributed by atoms with E-state index < -0.39 is 0 Å². The Labute approximate surface area is 120 Å². The molecule has 4 nitrogen and oxygen atoms in total. The van der Waals surface area contributed by atoms with Crippen LogP contribution in [0.4, 0.5) is 5.82 Å². The summed E-state index contributed by atoms with van der Waals surface area (Å²) < 4.78 is 2.20. The van der Waals surface area contributed by atoms with Gasteiger partial charge >= 0.3 is 0 Å². The van der Waals surface area contributed by atoms with Crippen molar-refractivity contribution in [1.82, 2.24) is 14.7 Å². The number of hydrogen-bond acceptors (Lipinski definition) is 3. The highest BCUT2D eigenvalue weighted by molar-refractivity contribution is 5.55. The Morgan fingerprint density at radius 3 is 2.90 bits per heavy atom. The molecular formula is C16H24N4. The van der Waals surface area contributed by atoms with E-state index in [1.165, 1.54) is 18.5 Å². The van der Waals surface area contributed by atoms with E-state index in [4.69, 9.17) is 4.98 Å². The molecular weight excluding hydrogens is 248 g/mol. The SMILES string of the molecule is CC(C)NCc1c(N(C)CC2CC2)nc2ccccn12. The maximum atomic E-state index is 4.82. The van der Waals surface area contributed by atoms with Crippen LogP contribution in [-0.4, -0.2) is 29.0 Å². The average molecular weight is 272 g/mol. The molecule has 1 aliphatic rings. The van der Waals surface area contributed by atoms with Gasteiger partial charge in [0.1, 0.15) is 5.65 Å². The molecule has 0 unspecified atom stereocenters. The van der Waals surface area contributed by atoms with Crippen molar-refractivity contribution in [3.63, 3.8) is 0 Å². The highest BCUT2D eigenvalue weighted by Crippen LogP contribution is 2.31. The molecule has 0 aromatic carbocycles. The van der Waals surface area contributed by atoms with Crippen molar-refractivity contribution in [2.24, 2.45) is 5.92 Å². The van der Waals surface area contributed by atoms with E-state index in [9.17, 15) is 0 Å². The van der Waals surface area contributed by atoms with Crippen molar-refractivity contribution in [3.05, 3.63) is 30.1 Å². The lowest BCUT2D eigenvalue weighted by Crippen LogP contribution is -2.26. The van der Waals surface area contributed by atoms with Gasteiger partial charge < -0.3 is 14.6 Å². The molecule has 1 saturated carbocycles. The number of pyridine rings is 1. The van der Waals surface area contributed by atoms with Crippen molar-refractivity contribution in [2.45, 2.75) is 39.3 Å². The summed E-state index contributed by atoms with van der Waals surface area (Å²) in [4.78, 5) is 7.14. The number of nitrogens with zero attached hydrogens (tertiary/aromatic N) is 3. The second-order valence-electron chi connectivity index (χ2n) is 6.17. The van der Waals surface area contributed by atoms with E-state index in [2.05, 4.69) is 53.8 Å². The lowest BCUT2D eigenvalue weighted by molar-refractivity contribution is 0.578. The number of rotatable bonds is 6. The van der Waals surface area contributed by atoms with E-state index in [0.29, 0.717) is 6.04 Å². The number of nitrogens with one attached hydrogen (secondary N) is 1. The molecule has 2 heterocycles. The van der Waals surface area contributed by atoms with Crippen LogP contribution in [-0.2, 0) is 6.54 Å². The van der Waals surface area contributed by atoms with Crippen LogP contribution >= 0.6 is 0 Å². The van der Waals surface area contributed by atoms with Gasteiger partial charge in [0, 0.05) is 32.4 Å². The van der Waals surface area contributed by atoms with Crippen LogP contribution in [0.15, 0.2) is 24.4 Å². The van der Waals surface area contributed by atoms with Crippen molar-refractivity contribution in [2.75, 3.05) is 18.5 Å². The first-order valence-electron chi connectivity index (χ1n) is 7.55. The van der Waals surface area contributed by atoms with Gasteiger partial charge in [-0.05, 0) is 30.9 Å². The smallest absolute Gasteiger partial charge is 0.152 e. The molecule has 1 fully saturated rings. The van der Waals surface area contributed by atoms with Gasteiger partial charge in [0.05, 0.1) is 5.69 Å². The van der Waals surface area contributed by atoms with E-state index in [0.717, 1.165) is 30.5 Å². The lowest BCUT2D eigenvalue weighted by atomic mass is 10.3. The average Bonchev–Trinajstić information content (AvgIpc) is 3.15. The highest BCUT2D eigenvalue weighted by atomic mass is 15.2. The number of anilines is 1. The molecule has 2 aromatic heterocycles. The Morgan fingerprint density at radius 1 is 1.40 bits per heavy atom. The molecule has 4 heteroatoms. The van der Waals surface area contributed by atoms with Crippen molar-refractivity contribution in [3.8, 4) is 0 Å². The Bertz CT molecular complexity index is 583. The molecule has 2 aromatic rings. The Kier molecular flexibility index (Phi) is 3.66. The zero-order chi connectivity index (χ0) is 14.1. The summed E-state index contributed by atoms with van der Waals surface area (Å²) in [5.74, 6) is 1.99. The van der Waals surface area contributed by atoms with Crippen LogP contribution in [0.3, 0.4) is 0 Å². The van der Waals surface area contributed by atoms with Crippen LogP contribution in [0.1, 0.15) is 32.4 Å². The summed E-state index contributed by atoms with van der Waals surface area (Å²) in [6.45, 7) is 6.33. The summed E-state index contributed by atoms with van der Waals surface area (Å²) >= 11 is 0. The van der Waals surface area contributed by atoms with Crippen LogP contribution in [0.2, 0.25) is 0 Å². The fourth-order valence-electron chi connectivity index (χ4n) is 2.58. The minimum Gasteiger partial charge on any atom is -0.358 e. The third kappa shape index (κ3) is 2.80. The maximum Gasteiger partial charge on any atom is 0.152 e. The first kappa shape index (κ1) is 13.4. The summed E-state index contributed by atoms with van der Waals surface area (Å²) in [6, 6.07) is 6.67. The zero-order valence-corrected chi connectivity index (χ0v) is 12.6. The molecule has 108 valence electrons. The van der Waals surface area contributed by atoms with Gasteiger partial charge in [0.15, 0.2) is 5.82 Å². The van der Waals surface area contributed by atoms with Crippen LogP contribution in [0.5, 0.6) is 0 Å². The number of fused-ring (bicyclic) bond motifs is 1. The van der Waals surface area contributed by atoms with Crippen LogP contribution < -0.4 is 10.2 Å². The molecule has 0 spiro atoms. The third-order valence-electron chi connectivity index (χ3n) is 3.88. The topological polar surface area (TPSA) is 32.6 Å². The summed E-state index contributed by atoms with van der Waals surface area (Å²) in [7, 11) is 2.17. The van der Waals surface area contributed by atoms with E-state index >= 15 is 0 Å². The van der Waals surface area contributed by atoms with E-state index in [1.54, 1.807) is 0 Å². The number of hydrogen-bond donors (Lipinski definition) is 1.